The third-order valence-corrected chi connectivity index (χ3v) is 5.33. The molecule has 2 aliphatic heterocycles. The maximum absolute atomic E-state index is 10.8. The Bertz CT molecular complexity index is 452. The lowest BCUT2D eigenvalue weighted by atomic mass is 9.87. The van der Waals surface area contributed by atoms with E-state index < -0.39 is 61.2 Å². The van der Waals surface area contributed by atoms with Crippen LogP contribution in [0.1, 0.15) is 26.2 Å². The van der Waals surface area contributed by atoms with E-state index in [1.165, 1.54) is 14.2 Å². The molecule has 0 aromatic carbocycles. The van der Waals surface area contributed by atoms with Crippen LogP contribution in [-0.2, 0) is 23.7 Å². The van der Waals surface area contributed by atoms with Gasteiger partial charge in [0.05, 0.1) is 19.3 Å². The van der Waals surface area contributed by atoms with Crippen molar-refractivity contribution in [1.29, 1.82) is 0 Å². The molecule has 0 radical (unpaired) electrons. The molecule has 2 fully saturated rings. The van der Waals surface area contributed by atoms with Crippen LogP contribution in [0.2, 0.25) is 0 Å². The van der Waals surface area contributed by atoms with Crippen LogP contribution < -0.4 is 0 Å². The molecule has 10 nitrogen and oxygen atoms in total. The summed E-state index contributed by atoms with van der Waals surface area (Å²) in [6, 6.07) is 0. The van der Waals surface area contributed by atoms with Crippen LogP contribution in [0, 0.1) is 5.92 Å². The normalized spacial score (nSPS) is 44.6. The molecule has 10 atom stereocenters. The molecule has 0 bridgehead atoms. The molecule has 10 unspecified atom stereocenters. The molecule has 0 aliphatic carbocycles. The van der Waals surface area contributed by atoms with Crippen LogP contribution in [-0.4, -0.2) is 108 Å². The van der Waals surface area contributed by atoms with E-state index in [1.54, 1.807) is 0 Å². The summed E-state index contributed by atoms with van der Waals surface area (Å²) in [5.74, 6) is -0.580. The highest BCUT2D eigenvalue weighted by atomic mass is 16.7. The zero-order valence-electron chi connectivity index (χ0n) is 16.6. The molecule has 2 heterocycles. The zero-order valence-corrected chi connectivity index (χ0v) is 16.6. The molecule has 0 spiro atoms. The second-order valence-corrected chi connectivity index (χ2v) is 7.39. The monoisotopic (exact) mass is 410 g/mol. The van der Waals surface area contributed by atoms with Crippen molar-refractivity contribution in [3.63, 3.8) is 0 Å². The van der Waals surface area contributed by atoms with Crippen LogP contribution in [0.3, 0.4) is 0 Å². The highest BCUT2D eigenvalue weighted by Gasteiger charge is 2.50. The first kappa shape index (κ1) is 23.9. The number of aliphatic hydroxyl groups excluding tert-OH is 5. The minimum Gasteiger partial charge on any atom is -0.390 e. The molecule has 10 heteroatoms. The van der Waals surface area contributed by atoms with E-state index in [0.717, 1.165) is 12.8 Å². The van der Waals surface area contributed by atoms with Gasteiger partial charge in [-0.3, -0.25) is 0 Å². The van der Waals surface area contributed by atoms with E-state index in [2.05, 4.69) is 0 Å². The van der Waals surface area contributed by atoms with Crippen molar-refractivity contribution >= 4 is 0 Å². The largest absolute Gasteiger partial charge is 0.390 e. The summed E-state index contributed by atoms with van der Waals surface area (Å²) in [6.07, 6.45) is -8.52. The number of unbranched alkanes of at least 4 members (excludes halogenated alkanes) is 1. The topological polar surface area (TPSA) is 147 Å². The predicted molar refractivity (Wildman–Crippen MR) is 95.2 cm³/mol. The molecule has 28 heavy (non-hydrogen) atoms. The Morgan fingerprint density at radius 3 is 2.04 bits per heavy atom. The highest BCUT2D eigenvalue weighted by Crippen LogP contribution is 2.33. The van der Waals surface area contributed by atoms with Gasteiger partial charge in [-0.25, -0.2) is 0 Å². The maximum Gasteiger partial charge on any atom is 0.187 e. The van der Waals surface area contributed by atoms with Gasteiger partial charge in [-0.2, -0.15) is 0 Å². The predicted octanol–water partition coefficient (Wildman–Crippen LogP) is -1.64. The second kappa shape index (κ2) is 11.1. The van der Waals surface area contributed by atoms with Crippen molar-refractivity contribution in [3.05, 3.63) is 0 Å². The van der Waals surface area contributed by atoms with Crippen molar-refractivity contribution in [1.82, 2.24) is 0 Å². The van der Waals surface area contributed by atoms with Crippen molar-refractivity contribution in [3.8, 4) is 0 Å². The van der Waals surface area contributed by atoms with E-state index >= 15 is 0 Å². The third kappa shape index (κ3) is 5.39. The van der Waals surface area contributed by atoms with Gasteiger partial charge in [-0.15, -0.1) is 0 Å². The molecule has 2 aliphatic rings. The Morgan fingerprint density at radius 1 is 0.786 bits per heavy atom. The molecular formula is C18H34O10. The lowest BCUT2D eigenvalue weighted by Crippen LogP contribution is -2.63. The Morgan fingerprint density at radius 2 is 1.43 bits per heavy atom. The average Bonchev–Trinajstić information content (AvgIpc) is 2.66. The molecule has 166 valence electrons. The first-order chi connectivity index (χ1) is 13.3. The summed E-state index contributed by atoms with van der Waals surface area (Å²) in [5.41, 5.74) is 0. The quantitative estimate of drug-likeness (QED) is 0.300. The summed E-state index contributed by atoms with van der Waals surface area (Å²) in [4.78, 5) is 0. The van der Waals surface area contributed by atoms with Gasteiger partial charge >= 0.3 is 0 Å². The van der Waals surface area contributed by atoms with Gasteiger partial charge in [0.1, 0.15) is 36.6 Å². The fourth-order valence-corrected chi connectivity index (χ4v) is 3.70. The molecule has 0 saturated carbocycles. The highest BCUT2D eigenvalue weighted by molar-refractivity contribution is 4.93. The van der Waals surface area contributed by atoms with Gasteiger partial charge in [-0.05, 0) is 6.42 Å². The smallest absolute Gasteiger partial charge is 0.187 e. The second-order valence-electron chi connectivity index (χ2n) is 7.39. The van der Waals surface area contributed by atoms with Crippen LogP contribution in [0.15, 0.2) is 0 Å². The van der Waals surface area contributed by atoms with E-state index in [4.69, 9.17) is 23.7 Å². The van der Waals surface area contributed by atoms with Gasteiger partial charge < -0.3 is 49.2 Å². The summed E-state index contributed by atoms with van der Waals surface area (Å²) in [6.45, 7) is 2.02. The lowest BCUT2D eigenvalue weighted by molar-refractivity contribution is -0.351. The number of rotatable bonds is 9. The van der Waals surface area contributed by atoms with E-state index in [0.29, 0.717) is 6.42 Å². The Kier molecular flexibility index (Phi) is 9.48. The van der Waals surface area contributed by atoms with Crippen molar-refractivity contribution in [2.24, 2.45) is 5.92 Å². The molecule has 2 rings (SSSR count). The summed E-state index contributed by atoms with van der Waals surface area (Å²) < 4.78 is 27.0. The number of ether oxygens (including phenoxy) is 5. The minimum atomic E-state index is -1.54. The Hall–Kier alpha value is -0.400. The van der Waals surface area contributed by atoms with E-state index in [9.17, 15) is 25.5 Å². The van der Waals surface area contributed by atoms with E-state index in [-0.39, 0.29) is 13.2 Å². The molecule has 2 saturated heterocycles. The van der Waals surface area contributed by atoms with Crippen molar-refractivity contribution in [2.75, 3.05) is 27.4 Å². The van der Waals surface area contributed by atoms with Crippen molar-refractivity contribution in [2.45, 2.75) is 81.5 Å². The minimum absolute atomic E-state index is 0.0200. The average molecular weight is 410 g/mol. The zero-order chi connectivity index (χ0) is 20.8. The molecular weight excluding hydrogens is 376 g/mol. The summed E-state index contributed by atoms with van der Waals surface area (Å²) in [7, 11) is 2.86. The summed E-state index contributed by atoms with van der Waals surface area (Å²) in [5, 5.41) is 51.5. The first-order valence-electron chi connectivity index (χ1n) is 9.70. The Balaban J connectivity index is 2.15. The van der Waals surface area contributed by atoms with Gasteiger partial charge in [0.15, 0.2) is 12.6 Å². The van der Waals surface area contributed by atoms with E-state index in [1.807, 2.05) is 6.92 Å². The van der Waals surface area contributed by atoms with Gasteiger partial charge in [-0.1, -0.05) is 19.8 Å². The summed E-state index contributed by atoms with van der Waals surface area (Å²) >= 11 is 0. The Labute approximate surface area is 164 Å². The molecule has 0 aromatic heterocycles. The first-order valence-corrected chi connectivity index (χ1v) is 9.70. The maximum atomic E-state index is 10.8. The van der Waals surface area contributed by atoms with Crippen LogP contribution in [0.25, 0.3) is 0 Å². The lowest BCUT2D eigenvalue weighted by Gasteiger charge is -2.46. The van der Waals surface area contributed by atoms with Gasteiger partial charge in [0, 0.05) is 20.1 Å². The number of aliphatic hydroxyl groups is 5. The SMILES string of the molecule is CCCCC1C(O)OC(COC)C(OC2OC(COC)C(O)C(O)C2O)C1O. The van der Waals surface area contributed by atoms with Gasteiger partial charge in [0.2, 0.25) is 0 Å². The van der Waals surface area contributed by atoms with Crippen LogP contribution in [0.4, 0.5) is 0 Å². The van der Waals surface area contributed by atoms with Crippen molar-refractivity contribution < 1.29 is 49.2 Å². The van der Waals surface area contributed by atoms with Gasteiger partial charge in [0.25, 0.3) is 0 Å². The number of hydrogen-bond acceptors (Lipinski definition) is 10. The molecule has 5 N–H and O–H groups in total. The number of hydrogen-bond donors (Lipinski definition) is 5. The van der Waals surface area contributed by atoms with Crippen LogP contribution >= 0.6 is 0 Å². The fraction of sp³-hybridized carbons (Fsp3) is 1.00. The fourth-order valence-electron chi connectivity index (χ4n) is 3.70. The molecule has 0 aromatic rings. The number of methoxy groups -OCH3 is 2. The van der Waals surface area contributed by atoms with Crippen LogP contribution in [0.5, 0.6) is 0 Å². The third-order valence-electron chi connectivity index (χ3n) is 5.33. The standard InChI is InChI=1S/C18H34O10/c1-4-5-6-9-12(19)16(11(8-25-3)26-17(9)23)28-18-15(22)14(21)13(20)10(27-18)7-24-2/h9-23H,4-8H2,1-3H3. The molecule has 0 amide bonds.